The molecule has 31 heavy (non-hydrogen) atoms. The summed E-state index contributed by atoms with van der Waals surface area (Å²) in [7, 11) is 1.43. The van der Waals surface area contributed by atoms with E-state index in [1.54, 1.807) is 0 Å². The van der Waals surface area contributed by atoms with E-state index >= 15 is 0 Å². The van der Waals surface area contributed by atoms with E-state index in [0.29, 0.717) is 5.56 Å². The summed E-state index contributed by atoms with van der Waals surface area (Å²) in [6.07, 6.45) is 10.4. The number of aromatic nitrogens is 1. The van der Waals surface area contributed by atoms with E-state index in [1.165, 1.54) is 53.8 Å². The molecule has 0 radical (unpaired) electrons. The van der Waals surface area contributed by atoms with Crippen LogP contribution in [0.5, 0.6) is 0 Å². The predicted octanol–water partition coefficient (Wildman–Crippen LogP) is 7.97. The summed E-state index contributed by atoms with van der Waals surface area (Å²) in [4.78, 5) is 11.9. The van der Waals surface area contributed by atoms with Gasteiger partial charge < -0.3 is 9.30 Å². The Bertz CT molecular complexity index is 959. The number of halogens is 1. The standard InChI is InChI=1S/C23H26BrNO2.C4H10/c1-3-4-8-19-16-25(14-7-10-17-9-5-6-11-21(17)24)22-15-18(23(26)27-2)12-13-20(19)22;1-3-4-2/h5-6,9,11-13,15-16H,3-4,7-8,10,14H2,1-2H3;3-4H2,1-2H3. The smallest absolute Gasteiger partial charge is 0.337 e. The van der Waals surface area contributed by atoms with Crippen molar-refractivity contribution in [2.45, 2.75) is 72.3 Å². The lowest BCUT2D eigenvalue weighted by molar-refractivity contribution is 0.0601. The zero-order valence-corrected chi connectivity index (χ0v) is 21.0. The number of benzene rings is 2. The summed E-state index contributed by atoms with van der Waals surface area (Å²) >= 11 is 3.63. The van der Waals surface area contributed by atoms with Gasteiger partial charge in [0.2, 0.25) is 0 Å². The van der Waals surface area contributed by atoms with E-state index in [2.05, 4.69) is 71.7 Å². The summed E-state index contributed by atoms with van der Waals surface area (Å²) in [6, 6.07) is 14.3. The van der Waals surface area contributed by atoms with Crippen LogP contribution in [0.2, 0.25) is 0 Å². The van der Waals surface area contributed by atoms with Crippen molar-refractivity contribution in [1.82, 2.24) is 4.57 Å². The van der Waals surface area contributed by atoms with Crippen LogP contribution in [-0.4, -0.2) is 17.6 Å². The number of fused-ring (bicyclic) bond motifs is 1. The molecular weight excluding hydrogens is 450 g/mol. The van der Waals surface area contributed by atoms with E-state index in [1.807, 2.05) is 18.2 Å². The average Bonchev–Trinajstić information content (AvgIpc) is 3.15. The quantitative estimate of drug-likeness (QED) is 0.287. The van der Waals surface area contributed by atoms with Gasteiger partial charge in [-0.05, 0) is 55.0 Å². The van der Waals surface area contributed by atoms with Gasteiger partial charge in [-0.1, -0.05) is 80.2 Å². The van der Waals surface area contributed by atoms with Gasteiger partial charge in [-0.3, -0.25) is 0 Å². The molecule has 168 valence electrons. The van der Waals surface area contributed by atoms with Crippen LogP contribution in [0.4, 0.5) is 0 Å². The highest BCUT2D eigenvalue weighted by molar-refractivity contribution is 9.10. The van der Waals surface area contributed by atoms with Crippen LogP contribution in [-0.2, 0) is 24.1 Å². The first-order valence-electron chi connectivity index (χ1n) is 11.5. The number of nitrogens with zero attached hydrogens (tertiary/aromatic N) is 1. The SMILES string of the molecule is CCCC.CCCCc1cn(CCCc2ccccc2Br)c2cc(C(=O)OC)ccc12. The summed E-state index contributed by atoms with van der Waals surface area (Å²) in [5.41, 5.74) is 4.42. The van der Waals surface area contributed by atoms with Gasteiger partial charge in [0.05, 0.1) is 12.7 Å². The average molecular weight is 486 g/mol. The van der Waals surface area contributed by atoms with Crippen molar-refractivity contribution in [3.63, 3.8) is 0 Å². The van der Waals surface area contributed by atoms with E-state index in [-0.39, 0.29) is 5.97 Å². The van der Waals surface area contributed by atoms with Gasteiger partial charge in [0.25, 0.3) is 0 Å². The predicted molar refractivity (Wildman–Crippen MR) is 135 cm³/mol. The fourth-order valence-electron chi connectivity index (χ4n) is 3.51. The van der Waals surface area contributed by atoms with Crippen LogP contribution < -0.4 is 0 Å². The van der Waals surface area contributed by atoms with E-state index in [0.717, 1.165) is 31.3 Å². The zero-order valence-electron chi connectivity index (χ0n) is 19.4. The minimum Gasteiger partial charge on any atom is -0.465 e. The minimum absolute atomic E-state index is 0.284. The molecule has 0 bridgehead atoms. The first kappa shape index (κ1) is 25.2. The third-order valence-corrected chi connectivity index (χ3v) is 6.26. The number of ether oxygens (including phenoxy) is 1. The van der Waals surface area contributed by atoms with Gasteiger partial charge in [-0.2, -0.15) is 0 Å². The van der Waals surface area contributed by atoms with Crippen molar-refractivity contribution < 1.29 is 9.53 Å². The van der Waals surface area contributed by atoms with Crippen molar-refractivity contribution in [3.8, 4) is 0 Å². The van der Waals surface area contributed by atoms with Crippen molar-refractivity contribution in [1.29, 1.82) is 0 Å². The molecule has 0 spiro atoms. The normalized spacial score (nSPS) is 10.6. The van der Waals surface area contributed by atoms with Crippen molar-refractivity contribution in [2.24, 2.45) is 0 Å². The topological polar surface area (TPSA) is 31.2 Å². The molecule has 0 aliphatic rings. The van der Waals surface area contributed by atoms with Crippen LogP contribution in [0.1, 0.15) is 74.4 Å². The lowest BCUT2D eigenvalue weighted by Gasteiger charge is -2.08. The number of carbonyl (C=O) groups excluding carboxylic acids is 1. The lowest BCUT2D eigenvalue weighted by Crippen LogP contribution is -2.02. The third-order valence-electron chi connectivity index (χ3n) is 5.49. The third kappa shape index (κ3) is 7.24. The Morgan fingerprint density at radius 1 is 0.935 bits per heavy atom. The van der Waals surface area contributed by atoms with E-state index in [4.69, 9.17) is 4.74 Å². The molecule has 0 N–H and O–H groups in total. The number of aryl methyl sites for hydroxylation is 3. The second-order valence-electron chi connectivity index (χ2n) is 7.87. The molecule has 0 aliphatic heterocycles. The number of unbranched alkanes of at least 4 members (excludes halogenated alkanes) is 2. The summed E-state index contributed by atoms with van der Waals surface area (Å²) in [5.74, 6) is -0.284. The lowest BCUT2D eigenvalue weighted by atomic mass is 10.1. The highest BCUT2D eigenvalue weighted by atomic mass is 79.9. The maximum Gasteiger partial charge on any atom is 0.337 e. The van der Waals surface area contributed by atoms with Crippen LogP contribution in [0.3, 0.4) is 0 Å². The Morgan fingerprint density at radius 3 is 2.29 bits per heavy atom. The molecule has 2 aromatic carbocycles. The molecule has 1 heterocycles. The van der Waals surface area contributed by atoms with Gasteiger partial charge in [0.15, 0.2) is 0 Å². The molecule has 1 aromatic heterocycles. The first-order chi connectivity index (χ1) is 15.0. The van der Waals surface area contributed by atoms with Gasteiger partial charge >= 0.3 is 5.97 Å². The molecule has 4 heteroatoms. The maximum absolute atomic E-state index is 11.9. The minimum atomic E-state index is -0.284. The van der Waals surface area contributed by atoms with Gasteiger partial charge in [0.1, 0.15) is 0 Å². The highest BCUT2D eigenvalue weighted by Crippen LogP contribution is 2.26. The van der Waals surface area contributed by atoms with Crippen LogP contribution in [0.25, 0.3) is 10.9 Å². The molecule has 0 unspecified atom stereocenters. The fourth-order valence-corrected chi connectivity index (χ4v) is 3.99. The molecule has 0 saturated heterocycles. The number of esters is 1. The molecule has 0 aliphatic carbocycles. The van der Waals surface area contributed by atoms with Crippen molar-refractivity contribution in [3.05, 3.63) is 69.8 Å². The second kappa shape index (κ2) is 13.4. The Hall–Kier alpha value is -2.07. The van der Waals surface area contributed by atoms with Crippen molar-refractivity contribution >= 4 is 32.8 Å². The van der Waals surface area contributed by atoms with Crippen LogP contribution in [0, 0.1) is 0 Å². The number of rotatable bonds is 9. The number of hydrogen-bond donors (Lipinski definition) is 0. The highest BCUT2D eigenvalue weighted by Gasteiger charge is 2.12. The number of hydrogen-bond acceptors (Lipinski definition) is 2. The molecule has 0 atom stereocenters. The van der Waals surface area contributed by atoms with Gasteiger partial charge in [-0.15, -0.1) is 0 Å². The van der Waals surface area contributed by atoms with E-state index < -0.39 is 0 Å². The molecular formula is C27H36BrNO2. The van der Waals surface area contributed by atoms with Gasteiger partial charge in [-0.25, -0.2) is 4.79 Å². The largest absolute Gasteiger partial charge is 0.465 e. The Labute approximate surface area is 195 Å². The molecule has 3 aromatic rings. The maximum atomic E-state index is 11.9. The summed E-state index contributed by atoms with van der Waals surface area (Å²) in [5, 5.41) is 1.25. The van der Waals surface area contributed by atoms with Gasteiger partial charge in [0, 0.05) is 28.1 Å². The molecule has 0 amide bonds. The summed E-state index contributed by atoms with van der Waals surface area (Å²) in [6.45, 7) is 7.50. The second-order valence-corrected chi connectivity index (χ2v) is 8.72. The zero-order chi connectivity index (χ0) is 22.6. The number of methoxy groups -OCH3 is 1. The molecule has 0 saturated carbocycles. The molecule has 0 fully saturated rings. The van der Waals surface area contributed by atoms with Crippen LogP contribution in [0.15, 0.2) is 53.1 Å². The monoisotopic (exact) mass is 485 g/mol. The molecule has 3 rings (SSSR count). The first-order valence-corrected chi connectivity index (χ1v) is 12.3. The van der Waals surface area contributed by atoms with E-state index in [9.17, 15) is 4.79 Å². The van der Waals surface area contributed by atoms with Crippen molar-refractivity contribution in [2.75, 3.05) is 7.11 Å². The van der Waals surface area contributed by atoms with Crippen LogP contribution >= 0.6 is 15.9 Å². The Morgan fingerprint density at radius 2 is 1.65 bits per heavy atom. The molecule has 3 nitrogen and oxygen atoms in total. The number of carbonyl (C=O) groups is 1. The summed E-state index contributed by atoms with van der Waals surface area (Å²) < 4.78 is 8.36. The fraction of sp³-hybridized carbons (Fsp3) is 0.444. The Balaban J connectivity index is 0.000000785. The Kier molecular flexibility index (Phi) is 10.9.